The molecule has 172 valence electrons. The Morgan fingerprint density at radius 2 is 1.94 bits per heavy atom. The summed E-state index contributed by atoms with van der Waals surface area (Å²) in [6.45, 7) is 5.20. The van der Waals surface area contributed by atoms with E-state index in [4.69, 9.17) is 26.4 Å². The number of benzene rings is 1. The zero-order valence-electron chi connectivity index (χ0n) is 18.5. The van der Waals surface area contributed by atoms with Gasteiger partial charge in [-0.05, 0) is 61.3 Å². The normalized spacial score (nSPS) is 26.5. The molecule has 3 aliphatic rings. The highest BCUT2D eigenvalue weighted by atomic mass is 35.5. The molecule has 1 aliphatic carbocycles. The predicted octanol–water partition coefficient (Wildman–Crippen LogP) is 3.99. The van der Waals surface area contributed by atoms with Crippen LogP contribution in [0.3, 0.4) is 0 Å². The van der Waals surface area contributed by atoms with Gasteiger partial charge in [0.15, 0.2) is 11.6 Å². The Bertz CT molecular complexity index is 1150. The minimum absolute atomic E-state index is 0.354. The molecule has 4 atom stereocenters. The van der Waals surface area contributed by atoms with E-state index in [1.54, 1.807) is 12.4 Å². The number of nitrogens with zero attached hydrogens (tertiary/aromatic N) is 6. The molecule has 33 heavy (non-hydrogen) atoms. The molecule has 3 aromatic rings. The summed E-state index contributed by atoms with van der Waals surface area (Å²) in [5.41, 5.74) is 1.67. The SMILES string of the molecule is Cc1cc(N2C[C@H]3CC[C@@H](C2)C3Cc2nc3n(n2)CCO[C@@H]3c2cc(F)cc(Cl)c2)ncn1. The van der Waals surface area contributed by atoms with Gasteiger partial charge in [-0.1, -0.05) is 11.6 Å². The van der Waals surface area contributed by atoms with Crippen molar-refractivity contribution in [3.63, 3.8) is 0 Å². The van der Waals surface area contributed by atoms with Crippen LogP contribution in [0.2, 0.25) is 5.02 Å². The third kappa shape index (κ3) is 3.99. The van der Waals surface area contributed by atoms with E-state index in [1.165, 1.54) is 25.0 Å². The third-order valence-electron chi connectivity index (χ3n) is 7.31. The highest BCUT2D eigenvalue weighted by Gasteiger charge is 2.43. The standard InChI is InChI=1S/C24H26ClFN6O/c1-14-6-22(28-13-27-14)31-11-15-2-3-16(12-31)20(15)10-21-29-24-23(33-5-4-32(24)30-21)17-7-18(25)9-19(26)8-17/h6-9,13,15-16,20,23H,2-5,10-12H2,1H3/t15-,16+,20?,23-/m1/s1. The second-order valence-electron chi connectivity index (χ2n) is 9.45. The van der Waals surface area contributed by atoms with Gasteiger partial charge in [0.2, 0.25) is 0 Å². The van der Waals surface area contributed by atoms with Gasteiger partial charge in [0.1, 0.15) is 24.1 Å². The van der Waals surface area contributed by atoms with Crippen LogP contribution >= 0.6 is 11.6 Å². The lowest BCUT2D eigenvalue weighted by atomic mass is 9.82. The number of rotatable bonds is 4. The summed E-state index contributed by atoms with van der Waals surface area (Å²) in [7, 11) is 0. The van der Waals surface area contributed by atoms with Gasteiger partial charge in [-0.25, -0.2) is 24.0 Å². The molecule has 2 aliphatic heterocycles. The van der Waals surface area contributed by atoms with Gasteiger partial charge >= 0.3 is 0 Å². The molecule has 1 unspecified atom stereocenters. The monoisotopic (exact) mass is 468 g/mol. The first-order chi connectivity index (χ1) is 16.0. The molecule has 0 spiro atoms. The average molecular weight is 469 g/mol. The van der Waals surface area contributed by atoms with E-state index in [1.807, 2.05) is 11.6 Å². The van der Waals surface area contributed by atoms with Crippen LogP contribution in [-0.4, -0.2) is 44.4 Å². The molecule has 7 nitrogen and oxygen atoms in total. The first-order valence-electron chi connectivity index (χ1n) is 11.6. The quantitative estimate of drug-likeness (QED) is 0.576. The van der Waals surface area contributed by atoms with Crippen LogP contribution in [0.1, 0.15) is 41.9 Å². The largest absolute Gasteiger partial charge is 0.364 e. The lowest BCUT2D eigenvalue weighted by molar-refractivity contribution is 0.0388. The van der Waals surface area contributed by atoms with Crippen molar-refractivity contribution in [2.24, 2.45) is 17.8 Å². The second kappa shape index (κ2) is 8.33. The molecule has 6 rings (SSSR count). The summed E-state index contributed by atoms with van der Waals surface area (Å²) >= 11 is 6.08. The van der Waals surface area contributed by atoms with Crippen molar-refractivity contribution in [3.05, 3.63) is 64.3 Å². The number of fused-ring (bicyclic) bond motifs is 3. The summed E-state index contributed by atoms with van der Waals surface area (Å²) in [5.74, 6) is 4.02. The van der Waals surface area contributed by atoms with E-state index >= 15 is 0 Å². The summed E-state index contributed by atoms with van der Waals surface area (Å²) in [5, 5.41) is 5.17. The van der Waals surface area contributed by atoms with Gasteiger partial charge in [0, 0.05) is 36.3 Å². The Hall–Kier alpha value is -2.58. The number of hydrogen-bond donors (Lipinski definition) is 0. The fourth-order valence-corrected chi connectivity index (χ4v) is 6.06. The van der Waals surface area contributed by atoms with Crippen LogP contribution in [0.5, 0.6) is 0 Å². The van der Waals surface area contributed by atoms with E-state index in [0.717, 1.165) is 42.7 Å². The molecule has 0 amide bonds. The van der Waals surface area contributed by atoms with Crippen molar-refractivity contribution in [1.29, 1.82) is 0 Å². The maximum Gasteiger partial charge on any atom is 0.161 e. The maximum atomic E-state index is 13.9. The topological polar surface area (TPSA) is 69.0 Å². The van der Waals surface area contributed by atoms with Gasteiger partial charge in [0.05, 0.1) is 13.2 Å². The number of halogens is 2. The third-order valence-corrected chi connectivity index (χ3v) is 7.53. The molecule has 4 heterocycles. The number of hydrogen-bond acceptors (Lipinski definition) is 6. The van der Waals surface area contributed by atoms with Gasteiger partial charge < -0.3 is 9.64 Å². The molecule has 0 radical (unpaired) electrons. The number of piperidine rings is 1. The molecule has 2 fully saturated rings. The molecule has 0 N–H and O–H groups in total. The van der Waals surface area contributed by atoms with Gasteiger partial charge in [-0.3, -0.25) is 0 Å². The zero-order valence-corrected chi connectivity index (χ0v) is 19.2. The highest BCUT2D eigenvalue weighted by molar-refractivity contribution is 6.30. The fraction of sp³-hybridized carbons (Fsp3) is 0.500. The summed E-state index contributed by atoms with van der Waals surface area (Å²) in [6.07, 6.45) is 4.53. The van der Waals surface area contributed by atoms with Gasteiger partial charge in [-0.15, -0.1) is 0 Å². The molecule has 2 bridgehead atoms. The van der Waals surface area contributed by atoms with Crippen LogP contribution in [-0.2, 0) is 17.7 Å². The lowest BCUT2D eigenvalue weighted by Gasteiger charge is -2.38. The van der Waals surface area contributed by atoms with Crippen LogP contribution in [0.15, 0.2) is 30.6 Å². The molecule has 9 heteroatoms. The van der Waals surface area contributed by atoms with Crippen LogP contribution in [0, 0.1) is 30.5 Å². The van der Waals surface area contributed by atoms with Crippen LogP contribution < -0.4 is 4.90 Å². The van der Waals surface area contributed by atoms with Crippen LogP contribution in [0.4, 0.5) is 10.2 Å². The molecule has 1 saturated carbocycles. The highest BCUT2D eigenvalue weighted by Crippen LogP contribution is 2.44. The van der Waals surface area contributed by atoms with Crippen molar-refractivity contribution in [2.75, 3.05) is 24.6 Å². The number of ether oxygens (including phenoxy) is 1. The number of anilines is 1. The molecule has 1 saturated heterocycles. The molecular formula is C24H26ClFN6O. The maximum absolute atomic E-state index is 13.9. The van der Waals surface area contributed by atoms with E-state index in [2.05, 4.69) is 20.9 Å². The van der Waals surface area contributed by atoms with E-state index in [-0.39, 0.29) is 5.82 Å². The summed E-state index contributed by atoms with van der Waals surface area (Å²) in [6, 6.07) is 6.58. The van der Waals surface area contributed by atoms with E-state index in [0.29, 0.717) is 41.5 Å². The first kappa shape index (κ1) is 21.0. The van der Waals surface area contributed by atoms with E-state index < -0.39 is 6.10 Å². The Morgan fingerprint density at radius 3 is 2.70 bits per heavy atom. The molecular weight excluding hydrogens is 443 g/mol. The minimum atomic E-state index is -0.451. The van der Waals surface area contributed by atoms with Crippen molar-refractivity contribution >= 4 is 17.4 Å². The van der Waals surface area contributed by atoms with Crippen LogP contribution in [0.25, 0.3) is 0 Å². The Labute approximate surface area is 197 Å². The van der Waals surface area contributed by atoms with Crippen molar-refractivity contribution in [3.8, 4) is 0 Å². The Kier molecular flexibility index (Phi) is 5.30. The minimum Gasteiger partial charge on any atom is -0.364 e. The smallest absolute Gasteiger partial charge is 0.161 e. The Balaban J connectivity index is 1.21. The Morgan fingerprint density at radius 1 is 1.12 bits per heavy atom. The zero-order chi connectivity index (χ0) is 22.5. The average Bonchev–Trinajstić information content (AvgIpc) is 3.29. The summed E-state index contributed by atoms with van der Waals surface area (Å²) < 4.78 is 21.8. The lowest BCUT2D eigenvalue weighted by Crippen LogP contribution is -2.43. The number of aryl methyl sites for hydroxylation is 1. The molecule has 1 aromatic carbocycles. The van der Waals surface area contributed by atoms with E-state index in [9.17, 15) is 4.39 Å². The number of aromatic nitrogens is 5. The predicted molar refractivity (Wildman–Crippen MR) is 122 cm³/mol. The molecule has 2 aromatic heterocycles. The van der Waals surface area contributed by atoms with Crippen molar-refractivity contribution in [2.45, 2.75) is 38.8 Å². The summed E-state index contributed by atoms with van der Waals surface area (Å²) in [4.78, 5) is 16.0. The second-order valence-corrected chi connectivity index (χ2v) is 9.89. The van der Waals surface area contributed by atoms with Gasteiger partial charge in [0.25, 0.3) is 0 Å². The van der Waals surface area contributed by atoms with Crippen molar-refractivity contribution < 1.29 is 9.13 Å². The van der Waals surface area contributed by atoms with Gasteiger partial charge in [-0.2, -0.15) is 5.10 Å². The fourth-order valence-electron chi connectivity index (χ4n) is 5.83. The first-order valence-corrected chi connectivity index (χ1v) is 12.0. The van der Waals surface area contributed by atoms with Crippen molar-refractivity contribution in [1.82, 2.24) is 24.7 Å².